The molecule has 1 saturated carbocycles. The van der Waals surface area contributed by atoms with Gasteiger partial charge in [-0.1, -0.05) is 19.3 Å². The van der Waals surface area contributed by atoms with Gasteiger partial charge in [0.15, 0.2) is 0 Å². The topological polar surface area (TPSA) is 76.0 Å². The van der Waals surface area contributed by atoms with Gasteiger partial charge in [0.25, 0.3) is 11.6 Å². The third kappa shape index (κ3) is 2.67. The molecule has 2 aromatic rings. The number of fused-ring (bicyclic) bond motifs is 3. The van der Waals surface area contributed by atoms with E-state index < -0.39 is 23.7 Å². The van der Waals surface area contributed by atoms with Crippen molar-refractivity contribution in [2.24, 2.45) is 5.92 Å². The Balaban J connectivity index is 1.78. The van der Waals surface area contributed by atoms with E-state index in [0.717, 1.165) is 35.0 Å². The number of rotatable bonds is 4. The molecule has 1 aliphatic carbocycles. The molecule has 1 aliphatic heterocycles. The highest BCUT2D eigenvalue weighted by Crippen LogP contribution is 2.44. The SMILES string of the molecule is Cc1cc2nc3n(c2cc1C)C(NC(=O)CCC1CCC1)(C(F)(F)F)C(=O)N3. The summed E-state index contributed by atoms with van der Waals surface area (Å²) in [5.74, 6) is -1.99. The van der Waals surface area contributed by atoms with Gasteiger partial charge in [0, 0.05) is 6.42 Å². The van der Waals surface area contributed by atoms with Crippen LogP contribution < -0.4 is 10.6 Å². The molecule has 0 spiro atoms. The average Bonchev–Trinajstić information content (AvgIpc) is 3.00. The zero-order valence-electron chi connectivity index (χ0n) is 15.6. The number of nitrogens with one attached hydrogen (secondary N) is 2. The fourth-order valence-corrected chi connectivity index (χ4v) is 3.87. The third-order valence-corrected chi connectivity index (χ3v) is 5.89. The molecule has 150 valence electrons. The predicted molar refractivity (Wildman–Crippen MR) is 96.6 cm³/mol. The second kappa shape index (κ2) is 6.22. The van der Waals surface area contributed by atoms with Crippen molar-refractivity contribution in [2.45, 2.75) is 57.8 Å². The molecule has 28 heavy (non-hydrogen) atoms. The summed E-state index contributed by atoms with van der Waals surface area (Å²) in [5, 5.41) is 4.20. The molecule has 4 rings (SSSR count). The predicted octanol–water partition coefficient (Wildman–Crippen LogP) is 3.52. The van der Waals surface area contributed by atoms with E-state index in [2.05, 4.69) is 10.3 Å². The highest BCUT2D eigenvalue weighted by Gasteiger charge is 2.67. The largest absolute Gasteiger partial charge is 0.440 e. The number of hydrogen-bond donors (Lipinski definition) is 2. The minimum atomic E-state index is -5.04. The van der Waals surface area contributed by atoms with E-state index in [1.807, 2.05) is 12.2 Å². The van der Waals surface area contributed by atoms with Gasteiger partial charge in [-0.05, 0) is 49.4 Å². The number of amides is 2. The molecule has 1 aromatic heterocycles. The number of carbonyl (C=O) groups is 2. The number of benzene rings is 1. The van der Waals surface area contributed by atoms with E-state index in [9.17, 15) is 22.8 Å². The van der Waals surface area contributed by atoms with Gasteiger partial charge in [-0.2, -0.15) is 13.2 Å². The summed E-state index contributed by atoms with van der Waals surface area (Å²) in [4.78, 5) is 29.0. The molecule has 6 nitrogen and oxygen atoms in total. The second-order valence-corrected chi connectivity index (χ2v) is 7.74. The monoisotopic (exact) mass is 394 g/mol. The van der Waals surface area contributed by atoms with E-state index in [-0.39, 0.29) is 17.9 Å². The van der Waals surface area contributed by atoms with E-state index >= 15 is 0 Å². The quantitative estimate of drug-likeness (QED) is 0.833. The van der Waals surface area contributed by atoms with Gasteiger partial charge < -0.3 is 5.32 Å². The third-order valence-electron chi connectivity index (χ3n) is 5.89. The summed E-state index contributed by atoms with van der Waals surface area (Å²) < 4.78 is 43.5. The molecule has 2 amide bonds. The fourth-order valence-electron chi connectivity index (χ4n) is 3.87. The molecule has 0 bridgehead atoms. The van der Waals surface area contributed by atoms with Crippen LogP contribution in [0.4, 0.5) is 19.1 Å². The zero-order chi connectivity index (χ0) is 20.3. The normalized spacial score (nSPS) is 22.1. The Bertz CT molecular complexity index is 978. The van der Waals surface area contributed by atoms with Gasteiger partial charge in [-0.25, -0.2) is 4.98 Å². The first-order valence-corrected chi connectivity index (χ1v) is 9.33. The summed E-state index contributed by atoms with van der Waals surface area (Å²) in [5.41, 5.74) is -1.08. The van der Waals surface area contributed by atoms with Crippen molar-refractivity contribution in [1.82, 2.24) is 14.9 Å². The number of aromatic nitrogens is 2. The zero-order valence-corrected chi connectivity index (χ0v) is 15.6. The number of hydrogen-bond acceptors (Lipinski definition) is 3. The Morgan fingerprint density at radius 3 is 2.61 bits per heavy atom. The summed E-state index contributed by atoms with van der Waals surface area (Å²) in [6.07, 6.45) is -1.49. The van der Waals surface area contributed by atoms with Crippen molar-refractivity contribution in [1.29, 1.82) is 0 Å². The van der Waals surface area contributed by atoms with Gasteiger partial charge in [-0.15, -0.1) is 0 Å². The van der Waals surface area contributed by atoms with Crippen molar-refractivity contribution >= 4 is 28.8 Å². The Kier molecular flexibility index (Phi) is 4.17. The fraction of sp³-hybridized carbons (Fsp3) is 0.526. The molecule has 9 heteroatoms. The number of carbonyl (C=O) groups excluding carboxylic acids is 2. The Labute approximate surface area is 159 Å². The van der Waals surface area contributed by atoms with Crippen LogP contribution in [0, 0.1) is 19.8 Å². The molecule has 1 atom stereocenters. The Hall–Kier alpha value is -2.58. The molecule has 2 N–H and O–H groups in total. The summed E-state index contributed by atoms with van der Waals surface area (Å²) in [7, 11) is 0. The van der Waals surface area contributed by atoms with Crippen LogP contribution in [0.2, 0.25) is 0 Å². The Morgan fingerprint density at radius 2 is 2.00 bits per heavy atom. The number of halogens is 3. The highest BCUT2D eigenvalue weighted by atomic mass is 19.4. The Morgan fingerprint density at radius 1 is 1.32 bits per heavy atom. The first-order chi connectivity index (χ1) is 13.1. The summed E-state index contributed by atoms with van der Waals surface area (Å²) >= 11 is 0. The van der Waals surface area contributed by atoms with Crippen LogP contribution in [-0.4, -0.2) is 27.5 Å². The van der Waals surface area contributed by atoms with Crippen molar-refractivity contribution in [2.75, 3.05) is 5.32 Å². The molecule has 2 heterocycles. The maximum absolute atomic E-state index is 14.2. The first kappa shape index (κ1) is 18.8. The maximum atomic E-state index is 14.2. The lowest BCUT2D eigenvalue weighted by atomic mass is 9.82. The van der Waals surface area contributed by atoms with Gasteiger partial charge in [0.1, 0.15) is 0 Å². The van der Waals surface area contributed by atoms with Crippen LogP contribution in [-0.2, 0) is 15.3 Å². The van der Waals surface area contributed by atoms with E-state index in [1.54, 1.807) is 19.1 Å². The van der Waals surface area contributed by atoms with Crippen molar-refractivity contribution in [3.63, 3.8) is 0 Å². The molecule has 1 aromatic carbocycles. The molecule has 1 unspecified atom stereocenters. The second-order valence-electron chi connectivity index (χ2n) is 7.74. The minimum Gasteiger partial charge on any atom is -0.317 e. The standard InChI is InChI=1S/C19H21F3N4O2/c1-10-8-13-14(9-11(10)2)26-17(23-13)24-16(28)18(26,19(20,21)22)25-15(27)7-6-12-4-3-5-12/h8-9,12H,3-7H2,1-2H3,(H,25,27)(H,23,24,28). The van der Waals surface area contributed by atoms with Crippen LogP contribution in [0.1, 0.15) is 43.2 Å². The lowest BCUT2D eigenvalue weighted by Crippen LogP contribution is -2.63. The van der Waals surface area contributed by atoms with Crippen LogP contribution >= 0.6 is 0 Å². The molecular weight excluding hydrogens is 373 g/mol. The number of nitrogens with zero attached hydrogens (tertiary/aromatic N) is 2. The van der Waals surface area contributed by atoms with Crippen LogP contribution in [0.5, 0.6) is 0 Å². The minimum absolute atomic E-state index is 0.0458. The van der Waals surface area contributed by atoms with E-state index in [0.29, 0.717) is 17.9 Å². The average molecular weight is 394 g/mol. The molecular formula is C19H21F3N4O2. The van der Waals surface area contributed by atoms with Gasteiger partial charge >= 0.3 is 6.18 Å². The number of alkyl halides is 3. The molecule has 1 fully saturated rings. The van der Waals surface area contributed by atoms with Crippen LogP contribution in [0.25, 0.3) is 11.0 Å². The van der Waals surface area contributed by atoms with Crippen molar-refractivity contribution in [3.05, 3.63) is 23.3 Å². The summed E-state index contributed by atoms with van der Waals surface area (Å²) in [6.45, 7) is 3.60. The van der Waals surface area contributed by atoms with Crippen LogP contribution in [0.3, 0.4) is 0 Å². The lowest BCUT2D eigenvalue weighted by molar-refractivity contribution is -0.217. The highest BCUT2D eigenvalue weighted by molar-refractivity contribution is 6.05. The number of aryl methyl sites for hydroxylation is 2. The smallest absolute Gasteiger partial charge is 0.317 e. The van der Waals surface area contributed by atoms with Crippen molar-refractivity contribution in [3.8, 4) is 0 Å². The first-order valence-electron chi connectivity index (χ1n) is 9.33. The number of anilines is 1. The molecule has 0 radical (unpaired) electrons. The molecule has 2 aliphatic rings. The maximum Gasteiger partial charge on any atom is 0.440 e. The summed E-state index contributed by atoms with van der Waals surface area (Å²) in [6, 6.07) is 3.23. The van der Waals surface area contributed by atoms with Crippen molar-refractivity contribution < 1.29 is 22.8 Å². The lowest BCUT2D eigenvalue weighted by Gasteiger charge is -2.32. The van der Waals surface area contributed by atoms with Gasteiger partial charge in [0.05, 0.1) is 11.0 Å². The van der Waals surface area contributed by atoms with Gasteiger partial charge in [0.2, 0.25) is 11.9 Å². The van der Waals surface area contributed by atoms with Crippen LogP contribution in [0.15, 0.2) is 12.1 Å². The van der Waals surface area contributed by atoms with E-state index in [4.69, 9.17) is 0 Å². The number of imidazole rings is 1. The van der Waals surface area contributed by atoms with E-state index in [1.165, 1.54) is 0 Å². The van der Waals surface area contributed by atoms with Gasteiger partial charge in [-0.3, -0.25) is 19.5 Å². The molecule has 0 saturated heterocycles.